The van der Waals surface area contributed by atoms with Gasteiger partial charge in [-0.25, -0.2) is 0 Å². The van der Waals surface area contributed by atoms with E-state index in [1.165, 1.54) is 140 Å². The molecule has 294 valence electrons. The molecule has 0 spiro atoms. The predicted molar refractivity (Wildman–Crippen MR) is 233 cm³/mol. The molecule has 0 aliphatic heterocycles. The average molecular weight is 881 g/mol. The van der Waals surface area contributed by atoms with Crippen molar-refractivity contribution in [3.63, 3.8) is 0 Å². The molecule has 0 heterocycles. The van der Waals surface area contributed by atoms with Gasteiger partial charge < -0.3 is 12.4 Å². The molecular formula is C48H70Cl2P2Ru. The van der Waals surface area contributed by atoms with Crippen LogP contribution < -0.4 is 23.0 Å². The second kappa shape index (κ2) is 23.8. The van der Waals surface area contributed by atoms with Crippen molar-refractivity contribution in [3.8, 4) is 11.1 Å². The van der Waals surface area contributed by atoms with E-state index in [4.69, 9.17) is 0 Å². The van der Waals surface area contributed by atoms with E-state index in [2.05, 4.69) is 105 Å². The summed E-state index contributed by atoms with van der Waals surface area (Å²) in [4.78, 5) is 0. The number of rotatable bonds is 8. The van der Waals surface area contributed by atoms with Crippen molar-refractivity contribution in [2.24, 2.45) is 0 Å². The number of hydrogen-bond acceptors (Lipinski definition) is 0. The third-order valence-corrected chi connectivity index (χ3v) is 20.0. The Hall–Kier alpha value is -0.277. The summed E-state index contributed by atoms with van der Waals surface area (Å²) in [6, 6.07) is 23.8. The van der Waals surface area contributed by atoms with E-state index in [0.717, 1.165) is 22.6 Å². The van der Waals surface area contributed by atoms with Crippen LogP contribution >= 0.6 is 25.5 Å². The Bertz CT molecular complexity index is 1340. The van der Waals surface area contributed by atoms with Gasteiger partial charge in [-0.05, 0) is 139 Å². The first-order chi connectivity index (χ1) is 25.4. The van der Waals surface area contributed by atoms with Gasteiger partial charge >= 0.3 is 27.0 Å². The van der Waals surface area contributed by atoms with E-state index < -0.39 is 0 Å². The van der Waals surface area contributed by atoms with Crippen LogP contribution in [-0.4, -0.2) is 22.6 Å². The minimum absolute atomic E-state index is 0. The van der Waals surface area contributed by atoms with E-state index in [0.29, 0.717) is 5.92 Å². The number of aryl methyl sites for hydroxylation is 3. The maximum atomic E-state index is 4.57. The van der Waals surface area contributed by atoms with Crippen LogP contribution in [0.25, 0.3) is 11.1 Å². The van der Waals surface area contributed by atoms with Gasteiger partial charge in [0.2, 0.25) is 0 Å². The molecule has 0 atom stereocenters. The van der Waals surface area contributed by atoms with Crippen molar-refractivity contribution in [2.45, 2.75) is 192 Å². The molecule has 53 heavy (non-hydrogen) atoms. The van der Waals surface area contributed by atoms with Crippen molar-refractivity contribution >= 4 is 36.1 Å². The topological polar surface area (TPSA) is 0 Å². The van der Waals surface area contributed by atoms with Crippen LogP contribution in [0.1, 0.15) is 170 Å². The summed E-state index contributed by atoms with van der Waals surface area (Å²) in [7, 11) is 4.33. The molecule has 7 rings (SSSR count). The zero-order valence-corrected chi connectivity index (χ0v) is 38.8. The van der Waals surface area contributed by atoms with Crippen molar-refractivity contribution in [1.82, 2.24) is 0 Å². The second-order valence-corrected chi connectivity index (χ2v) is 22.5. The Morgan fingerprint density at radius 2 is 0.774 bits per heavy atom. The molecule has 4 aliphatic rings. The summed E-state index contributed by atoms with van der Waals surface area (Å²) in [5.74, 6) is 0.653. The van der Waals surface area contributed by atoms with Crippen molar-refractivity contribution in [2.75, 3.05) is 0 Å². The van der Waals surface area contributed by atoms with Gasteiger partial charge in [0.1, 0.15) is 0 Å². The molecule has 4 saturated carbocycles. The Morgan fingerprint density at radius 1 is 0.472 bits per heavy atom. The first-order valence-electron chi connectivity index (χ1n) is 21.4. The molecule has 0 saturated heterocycles. The van der Waals surface area contributed by atoms with E-state index in [-0.39, 0.29) is 28.3 Å². The molecule has 5 heteroatoms. The first kappa shape index (κ1) is 45.4. The summed E-state index contributed by atoms with van der Waals surface area (Å²) in [5, 5.41) is 3.65. The van der Waals surface area contributed by atoms with Crippen molar-refractivity contribution in [3.05, 3.63) is 82.9 Å². The number of halogens is 2. The van der Waals surface area contributed by atoms with Gasteiger partial charge in [0, 0.05) is 0 Å². The standard InChI is InChI=1S/C38H56P2.C10H14.2ClH.Ru/c1-29-17-15-27-35(39(31-19-7-3-8-20-31)32-21-9-4-10-22-32)37(29)38-30(2)18-16-28-36(38)40(33-23-11-5-12-24-33)34-25-13-6-14-26-34;1-8(2)10-6-4-9(3)5-7-10;;;/h15-18,27-28,31-34H,3-14,19-26H2,1-2H3;4-8H,1-3H3;2*1H;/q;;;;+2/p-2. The Balaban J connectivity index is 0.000000416. The van der Waals surface area contributed by atoms with Gasteiger partial charge in [-0.3, -0.25) is 0 Å². The fourth-order valence-corrected chi connectivity index (χ4v) is 18.2. The molecule has 4 aliphatic carbocycles. The van der Waals surface area contributed by atoms with Crippen LogP contribution in [0.5, 0.6) is 0 Å². The number of benzene rings is 3. The molecule has 3 aromatic carbocycles. The maximum absolute atomic E-state index is 4.57. The monoisotopic (exact) mass is 880 g/mol. The van der Waals surface area contributed by atoms with E-state index >= 15 is 0 Å². The summed E-state index contributed by atoms with van der Waals surface area (Å²) in [6.45, 7) is 11.5. The van der Waals surface area contributed by atoms with E-state index in [1.54, 1.807) is 22.3 Å². The zero-order valence-electron chi connectivity index (χ0n) is 33.8. The summed E-state index contributed by atoms with van der Waals surface area (Å²) >= 11 is 1.82. The van der Waals surface area contributed by atoms with Crippen molar-refractivity contribution in [1.29, 1.82) is 0 Å². The third kappa shape index (κ3) is 12.4. The van der Waals surface area contributed by atoms with Gasteiger partial charge in [-0.2, -0.15) is 0 Å². The normalized spacial score (nSPS) is 19.3. The fourth-order valence-electron chi connectivity index (χ4n) is 10.2. The number of hydrogen-bond donors (Lipinski definition) is 0. The van der Waals surface area contributed by atoms with Gasteiger partial charge in [0.15, 0.2) is 0 Å². The fraction of sp³-hybridized carbons (Fsp3) is 0.625. The zero-order chi connectivity index (χ0) is 36.9. The van der Waals surface area contributed by atoms with Crippen LogP contribution in [0.15, 0.2) is 60.7 Å². The van der Waals surface area contributed by atoms with Crippen LogP contribution in [0.2, 0.25) is 0 Å². The molecule has 0 bridgehead atoms. The quantitative estimate of drug-likeness (QED) is 0.156. The summed E-state index contributed by atoms with van der Waals surface area (Å²) < 4.78 is 0. The molecule has 0 amide bonds. The summed E-state index contributed by atoms with van der Waals surface area (Å²) in [5.41, 5.74) is 13.2. The molecule has 0 aromatic heterocycles. The third-order valence-electron chi connectivity index (χ3n) is 12.9. The average Bonchev–Trinajstić information content (AvgIpc) is 3.19. The molecule has 0 radical (unpaired) electrons. The van der Waals surface area contributed by atoms with E-state index in [9.17, 15) is 0 Å². The summed E-state index contributed by atoms with van der Waals surface area (Å²) in [6.07, 6.45) is 29.6. The molecular weight excluding hydrogens is 810 g/mol. The first-order valence-corrected chi connectivity index (χ1v) is 26.6. The van der Waals surface area contributed by atoms with Gasteiger partial charge in [0.05, 0.1) is 0 Å². The van der Waals surface area contributed by atoms with Crippen LogP contribution in [0, 0.1) is 20.8 Å². The Morgan fingerprint density at radius 3 is 1.06 bits per heavy atom. The van der Waals surface area contributed by atoms with Crippen LogP contribution in [-0.2, 0) is 17.3 Å². The van der Waals surface area contributed by atoms with Gasteiger partial charge in [0.25, 0.3) is 0 Å². The molecule has 0 N–H and O–H groups in total. The predicted octanol–water partition coefficient (Wildman–Crippen LogP) is 12.3. The van der Waals surface area contributed by atoms with Gasteiger partial charge in [-0.1, -0.05) is 173 Å². The molecule has 3 aromatic rings. The molecule has 4 fully saturated rings. The van der Waals surface area contributed by atoms with Crippen LogP contribution in [0.3, 0.4) is 0 Å². The second-order valence-electron chi connectivity index (χ2n) is 17.0. The van der Waals surface area contributed by atoms with E-state index in [1.807, 2.05) is 27.9 Å². The minimum atomic E-state index is -0.119. The van der Waals surface area contributed by atoms with Gasteiger partial charge in [-0.15, -0.1) is 0 Å². The molecule has 0 unspecified atom stereocenters. The SMILES string of the molecule is Cc1ccc(C(C)C)cc1.Cc1cccc(P(C2CCCCC2)C2CCCCC2)c1-c1c(C)cccc1P(C1CCCCC1)C1CCCCC1.[Cl-].[Cl][Ru+]. The Kier molecular flexibility index (Phi) is 20.4. The Labute approximate surface area is 349 Å². The van der Waals surface area contributed by atoms with Crippen LogP contribution in [0.4, 0.5) is 0 Å². The van der Waals surface area contributed by atoms with Crippen molar-refractivity contribution < 1.29 is 29.7 Å². The molecule has 0 nitrogen and oxygen atoms in total.